The molecule has 4 nitrogen and oxygen atoms in total. The molecule has 8 aromatic carbocycles. The Balaban J connectivity index is 1.38. The predicted octanol–water partition coefficient (Wildman–Crippen LogP) is 14.9. The van der Waals surface area contributed by atoms with Gasteiger partial charge >= 0.3 is 6.18 Å². The summed E-state index contributed by atoms with van der Waals surface area (Å²) >= 11 is 0. The SMILES string of the molecule is [C-]#[N+]c1cc(C(F)(F)F)ccc1-c1c(-n2c3ccccc3c3ccc(-c4ccc(C)cc4)cc32)cc(C#N)cc1-n1c2ccccc2c2ccc(-c3ccc(C)cc3)cc21. The van der Waals surface area contributed by atoms with Crippen LogP contribution in [-0.4, -0.2) is 9.13 Å². The first-order valence-electron chi connectivity index (χ1n) is 19.5. The van der Waals surface area contributed by atoms with E-state index in [2.05, 4.69) is 117 Å². The predicted molar refractivity (Wildman–Crippen MR) is 237 cm³/mol. The molecule has 60 heavy (non-hydrogen) atoms. The average Bonchev–Trinajstić information content (AvgIpc) is 3.78. The summed E-state index contributed by atoms with van der Waals surface area (Å²) in [7, 11) is 0. The van der Waals surface area contributed by atoms with Crippen molar-refractivity contribution in [3.8, 4) is 50.8 Å². The molecule has 0 radical (unpaired) electrons. The van der Waals surface area contributed by atoms with Crippen molar-refractivity contribution in [3.63, 3.8) is 0 Å². The van der Waals surface area contributed by atoms with Gasteiger partial charge in [0.25, 0.3) is 0 Å². The highest BCUT2D eigenvalue weighted by Crippen LogP contribution is 2.47. The molecule has 0 bridgehead atoms. The topological polar surface area (TPSA) is 38.0 Å². The number of hydrogen-bond acceptors (Lipinski definition) is 1. The van der Waals surface area contributed by atoms with Crippen LogP contribution in [0.1, 0.15) is 22.3 Å². The van der Waals surface area contributed by atoms with Crippen molar-refractivity contribution in [2.45, 2.75) is 20.0 Å². The highest BCUT2D eigenvalue weighted by Gasteiger charge is 2.32. The molecule has 0 atom stereocenters. The molecule has 0 saturated carbocycles. The van der Waals surface area contributed by atoms with Gasteiger partial charge in [0, 0.05) is 32.7 Å². The molecular weight excluding hydrogens is 750 g/mol. The smallest absolute Gasteiger partial charge is 0.309 e. The molecule has 10 aromatic rings. The van der Waals surface area contributed by atoms with Crippen LogP contribution in [0.15, 0.2) is 164 Å². The fourth-order valence-electron chi connectivity index (χ4n) is 8.63. The van der Waals surface area contributed by atoms with Gasteiger partial charge in [-0.15, -0.1) is 0 Å². The van der Waals surface area contributed by atoms with Crippen LogP contribution in [0.3, 0.4) is 0 Å². The maximum atomic E-state index is 14.3. The van der Waals surface area contributed by atoms with Gasteiger partial charge in [-0.3, -0.25) is 0 Å². The van der Waals surface area contributed by atoms with Crippen LogP contribution in [0, 0.1) is 31.8 Å². The Morgan fingerprint density at radius 2 is 0.967 bits per heavy atom. The first-order valence-corrected chi connectivity index (χ1v) is 19.5. The Bertz CT molecular complexity index is 3260. The number of hydrogen-bond donors (Lipinski definition) is 0. The Labute approximate surface area is 344 Å². The number of benzene rings is 8. The average molecular weight is 783 g/mol. The quantitative estimate of drug-likeness (QED) is 0.160. The molecular formula is C53H33F3N4. The minimum Gasteiger partial charge on any atom is -0.309 e. The number of para-hydroxylation sites is 2. The van der Waals surface area contributed by atoms with Crippen molar-refractivity contribution in [3.05, 3.63) is 197 Å². The van der Waals surface area contributed by atoms with E-state index in [0.717, 1.165) is 89.1 Å². The summed E-state index contributed by atoms with van der Waals surface area (Å²) in [4.78, 5) is 3.75. The van der Waals surface area contributed by atoms with E-state index >= 15 is 0 Å². The molecule has 0 fully saturated rings. The number of nitriles is 1. The van der Waals surface area contributed by atoms with E-state index in [1.807, 2.05) is 50.2 Å². The van der Waals surface area contributed by atoms with Gasteiger partial charge in [-0.1, -0.05) is 132 Å². The summed E-state index contributed by atoms with van der Waals surface area (Å²) in [6, 6.07) is 54.6. The van der Waals surface area contributed by atoms with E-state index in [4.69, 9.17) is 6.57 Å². The molecule has 10 rings (SSSR count). The zero-order valence-electron chi connectivity index (χ0n) is 32.5. The molecule has 0 aliphatic rings. The van der Waals surface area contributed by atoms with Crippen LogP contribution >= 0.6 is 0 Å². The summed E-state index contributed by atoms with van der Waals surface area (Å²) in [5.41, 5.74) is 10.9. The van der Waals surface area contributed by atoms with Gasteiger partial charge in [0.05, 0.1) is 51.6 Å². The third kappa shape index (κ3) is 5.91. The number of nitrogens with zero attached hydrogens (tertiary/aromatic N) is 4. The van der Waals surface area contributed by atoms with Crippen molar-refractivity contribution >= 4 is 49.3 Å². The molecule has 0 saturated heterocycles. The summed E-state index contributed by atoms with van der Waals surface area (Å²) < 4.78 is 47.1. The molecule has 0 aliphatic heterocycles. The normalized spacial score (nSPS) is 11.7. The van der Waals surface area contributed by atoms with Crippen LogP contribution in [-0.2, 0) is 6.18 Å². The number of halogens is 3. The highest BCUT2D eigenvalue weighted by molar-refractivity contribution is 6.13. The molecule has 0 aliphatic carbocycles. The van der Waals surface area contributed by atoms with E-state index < -0.39 is 11.7 Å². The van der Waals surface area contributed by atoms with Crippen molar-refractivity contribution < 1.29 is 13.2 Å². The molecule has 2 heterocycles. The molecule has 7 heteroatoms. The Morgan fingerprint density at radius 1 is 0.517 bits per heavy atom. The van der Waals surface area contributed by atoms with Crippen molar-refractivity contribution in [2.75, 3.05) is 0 Å². The lowest BCUT2D eigenvalue weighted by molar-refractivity contribution is -0.137. The molecule has 0 amide bonds. The second-order valence-corrected chi connectivity index (χ2v) is 15.2. The molecule has 286 valence electrons. The number of rotatable bonds is 5. The molecule has 0 spiro atoms. The van der Waals surface area contributed by atoms with Crippen LogP contribution < -0.4 is 0 Å². The maximum Gasteiger partial charge on any atom is 0.415 e. The Morgan fingerprint density at radius 3 is 1.42 bits per heavy atom. The Kier molecular flexibility index (Phi) is 8.45. The van der Waals surface area contributed by atoms with E-state index in [9.17, 15) is 18.4 Å². The van der Waals surface area contributed by atoms with Gasteiger partial charge in [-0.2, -0.15) is 18.4 Å². The fourth-order valence-corrected chi connectivity index (χ4v) is 8.63. The first-order chi connectivity index (χ1) is 29.1. The van der Waals surface area contributed by atoms with Crippen LogP contribution in [0.25, 0.3) is 93.2 Å². The van der Waals surface area contributed by atoms with Crippen LogP contribution in [0.5, 0.6) is 0 Å². The maximum absolute atomic E-state index is 14.3. The minimum atomic E-state index is -4.66. The molecule has 2 aromatic heterocycles. The second-order valence-electron chi connectivity index (χ2n) is 15.2. The summed E-state index contributed by atoms with van der Waals surface area (Å²) in [5.74, 6) is 0. The number of aryl methyl sites for hydroxylation is 2. The van der Waals surface area contributed by atoms with Crippen molar-refractivity contribution in [1.82, 2.24) is 9.13 Å². The number of alkyl halides is 3. The number of aromatic nitrogens is 2. The van der Waals surface area contributed by atoms with E-state index in [-0.39, 0.29) is 5.69 Å². The van der Waals surface area contributed by atoms with Crippen LogP contribution in [0.4, 0.5) is 18.9 Å². The lowest BCUT2D eigenvalue weighted by Gasteiger charge is -2.22. The fraction of sp³-hybridized carbons (Fsp3) is 0.0566. The summed E-state index contributed by atoms with van der Waals surface area (Å²) in [6.45, 7) is 12.4. The number of fused-ring (bicyclic) bond motifs is 6. The van der Waals surface area contributed by atoms with Gasteiger partial charge in [0.2, 0.25) is 0 Å². The van der Waals surface area contributed by atoms with Gasteiger partial charge < -0.3 is 9.13 Å². The van der Waals surface area contributed by atoms with E-state index in [1.165, 1.54) is 6.07 Å². The minimum absolute atomic E-state index is 0.153. The molecule has 0 N–H and O–H groups in total. The standard InChI is InChI=1S/C53H33F3N4/c1-32-12-16-35(17-13-32)37-20-23-42-40-8-4-6-10-46(40)59(48(42)28-37)50-26-34(31-57)27-51(52(50)44-25-22-39(53(54,55)56)30-45(44)58-3)60-47-11-7-5-9-41(47)43-24-21-38(29-49(43)60)36-18-14-33(2)15-19-36/h4-30H,1-2H3. The lowest BCUT2D eigenvalue weighted by Crippen LogP contribution is -2.07. The van der Waals surface area contributed by atoms with E-state index in [1.54, 1.807) is 12.1 Å². The Hall–Kier alpha value is -7.87. The zero-order chi connectivity index (χ0) is 41.3. The van der Waals surface area contributed by atoms with Gasteiger partial charge in [-0.05, 0) is 84.1 Å². The van der Waals surface area contributed by atoms with E-state index in [0.29, 0.717) is 28.1 Å². The largest absolute Gasteiger partial charge is 0.415 e. The van der Waals surface area contributed by atoms with Crippen molar-refractivity contribution in [2.24, 2.45) is 0 Å². The van der Waals surface area contributed by atoms with Gasteiger partial charge in [-0.25, -0.2) is 4.85 Å². The third-order valence-corrected chi connectivity index (χ3v) is 11.5. The highest BCUT2D eigenvalue weighted by atomic mass is 19.4. The molecule has 0 unspecified atom stereocenters. The summed E-state index contributed by atoms with van der Waals surface area (Å²) in [5, 5.41) is 14.7. The van der Waals surface area contributed by atoms with Gasteiger partial charge in [0.15, 0.2) is 5.69 Å². The van der Waals surface area contributed by atoms with Crippen molar-refractivity contribution in [1.29, 1.82) is 5.26 Å². The zero-order valence-corrected chi connectivity index (χ0v) is 32.5. The van der Waals surface area contributed by atoms with Crippen LogP contribution in [0.2, 0.25) is 0 Å². The monoisotopic (exact) mass is 782 g/mol. The third-order valence-electron chi connectivity index (χ3n) is 11.5. The lowest BCUT2D eigenvalue weighted by atomic mass is 9.95. The first kappa shape index (κ1) is 36.5. The van der Waals surface area contributed by atoms with Gasteiger partial charge in [0.1, 0.15) is 0 Å². The second kappa shape index (κ2) is 13.9. The summed E-state index contributed by atoms with van der Waals surface area (Å²) in [6.07, 6.45) is -4.66.